The van der Waals surface area contributed by atoms with Gasteiger partial charge in [0, 0.05) is 18.6 Å². The molecule has 0 aliphatic carbocycles. The molecular formula is C13H20N2. The molecule has 0 unspecified atom stereocenters. The van der Waals surface area contributed by atoms with Gasteiger partial charge >= 0.3 is 0 Å². The van der Waals surface area contributed by atoms with E-state index >= 15 is 0 Å². The Kier molecular flexibility index (Phi) is 8.37. The SMILES string of the molecule is CCCC[n+]1ccc(CCC)cc1.[C-]#N. The number of aryl methyl sites for hydroxylation is 2. The fraction of sp³-hybridized carbons (Fsp3) is 0.538. The molecule has 2 heteroatoms. The molecule has 0 saturated carbocycles. The molecule has 1 aromatic heterocycles. The fourth-order valence-corrected chi connectivity index (χ4v) is 1.43. The van der Waals surface area contributed by atoms with E-state index in [1.807, 2.05) is 0 Å². The lowest BCUT2D eigenvalue weighted by atomic mass is 10.1. The monoisotopic (exact) mass is 204 g/mol. The Morgan fingerprint density at radius 1 is 1.13 bits per heavy atom. The van der Waals surface area contributed by atoms with E-state index in [-0.39, 0.29) is 0 Å². The van der Waals surface area contributed by atoms with Crippen LogP contribution in [-0.4, -0.2) is 0 Å². The number of nitrogens with zero attached hydrogens (tertiary/aromatic N) is 2. The predicted molar refractivity (Wildman–Crippen MR) is 60.5 cm³/mol. The van der Waals surface area contributed by atoms with E-state index in [1.54, 1.807) is 0 Å². The van der Waals surface area contributed by atoms with Crippen LogP contribution in [0.5, 0.6) is 0 Å². The number of aromatic nitrogens is 1. The van der Waals surface area contributed by atoms with Crippen molar-refractivity contribution in [3.05, 3.63) is 36.7 Å². The average Bonchev–Trinajstić information content (AvgIpc) is 2.31. The summed E-state index contributed by atoms with van der Waals surface area (Å²) in [6.45, 7) is 10.4. The number of rotatable bonds is 5. The second-order valence-electron chi connectivity index (χ2n) is 3.55. The molecular weight excluding hydrogens is 184 g/mol. The summed E-state index contributed by atoms with van der Waals surface area (Å²) in [6.07, 6.45) is 9.37. The molecule has 0 aliphatic rings. The largest absolute Gasteiger partial charge is 0.512 e. The van der Waals surface area contributed by atoms with Crippen molar-refractivity contribution >= 4 is 0 Å². The Hall–Kier alpha value is -1.36. The van der Waals surface area contributed by atoms with E-state index in [0.29, 0.717) is 0 Å². The van der Waals surface area contributed by atoms with Crippen LogP contribution >= 0.6 is 0 Å². The minimum Gasteiger partial charge on any atom is -0.512 e. The van der Waals surface area contributed by atoms with Crippen molar-refractivity contribution in [2.45, 2.75) is 46.1 Å². The molecule has 1 rings (SSSR count). The number of unbranched alkanes of at least 4 members (excludes halogenated alkanes) is 1. The molecule has 15 heavy (non-hydrogen) atoms. The van der Waals surface area contributed by atoms with Crippen LogP contribution in [-0.2, 0) is 13.0 Å². The summed E-state index contributed by atoms with van der Waals surface area (Å²) in [5, 5.41) is 6.25. The Morgan fingerprint density at radius 2 is 1.73 bits per heavy atom. The fourth-order valence-electron chi connectivity index (χ4n) is 1.43. The molecule has 1 heterocycles. The summed E-state index contributed by atoms with van der Waals surface area (Å²) in [6, 6.07) is 4.47. The Balaban J connectivity index is 0.000000921. The highest BCUT2D eigenvalue weighted by Crippen LogP contribution is 1.99. The van der Waals surface area contributed by atoms with Gasteiger partial charge in [0.15, 0.2) is 12.4 Å². The highest BCUT2D eigenvalue weighted by atomic mass is 14.9. The quantitative estimate of drug-likeness (QED) is 0.535. The van der Waals surface area contributed by atoms with E-state index in [4.69, 9.17) is 11.8 Å². The minimum atomic E-state index is 1.16. The van der Waals surface area contributed by atoms with Gasteiger partial charge in [0.2, 0.25) is 0 Å². The lowest BCUT2D eigenvalue weighted by Crippen LogP contribution is -2.32. The van der Waals surface area contributed by atoms with Gasteiger partial charge in [-0.3, -0.25) is 0 Å². The molecule has 0 aromatic carbocycles. The van der Waals surface area contributed by atoms with E-state index in [0.717, 1.165) is 6.54 Å². The third-order valence-electron chi connectivity index (χ3n) is 2.27. The molecule has 0 spiro atoms. The molecule has 0 aliphatic heterocycles. The maximum absolute atomic E-state index is 6.25. The van der Waals surface area contributed by atoms with Crippen LogP contribution in [0.2, 0.25) is 0 Å². The van der Waals surface area contributed by atoms with Crippen LogP contribution in [0.15, 0.2) is 24.5 Å². The van der Waals surface area contributed by atoms with Crippen molar-refractivity contribution in [3.63, 3.8) is 0 Å². The van der Waals surface area contributed by atoms with Gasteiger partial charge in [0.1, 0.15) is 6.54 Å². The Bertz CT molecular complexity index is 262. The predicted octanol–water partition coefficient (Wildman–Crippen LogP) is 2.82. The first-order valence-corrected chi connectivity index (χ1v) is 5.57. The molecule has 0 atom stereocenters. The average molecular weight is 204 g/mol. The van der Waals surface area contributed by atoms with Crippen molar-refractivity contribution in [3.8, 4) is 0 Å². The van der Waals surface area contributed by atoms with Crippen molar-refractivity contribution < 1.29 is 4.57 Å². The molecule has 0 fully saturated rings. The smallest absolute Gasteiger partial charge is 0.169 e. The van der Waals surface area contributed by atoms with Crippen molar-refractivity contribution in [2.75, 3.05) is 0 Å². The van der Waals surface area contributed by atoms with Gasteiger partial charge < -0.3 is 11.8 Å². The summed E-state index contributed by atoms with van der Waals surface area (Å²) in [4.78, 5) is 0. The second-order valence-corrected chi connectivity index (χ2v) is 3.55. The van der Waals surface area contributed by atoms with E-state index in [9.17, 15) is 0 Å². The van der Waals surface area contributed by atoms with Gasteiger partial charge in [0.25, 0.3) is 0 Å². The van der Waals surface area contributed by atoms with Crippen LogP contribution in [0.1, 0.15) is 38.7 Å². The van der Waals surface area contributed by atoms with E-state index < -0.39 is 0 Å². The molecule has 0 amide bonds. The highest BCUT2D eigenvalue weighted by Gasteiger charge is 1.98. The molecule has 0 bridgehead atoms. The maximum Gasteiger partial charge on any atom is 0.169 e. The minimum absolute atomic E-state index is 1.16. The topological polar surface area (TPSA) is 27.7 Å². The van der Waals surface area contributed by atoms with Gasteiger partial charge in [-0.15, -0.1) is 0 Å². The maximum atomic E-state index is 6.25. The zero-order valence-corrected chi connectivity index (χ0v) is 9.74. The van der Waals surface area contributed by atoms with Crippen LogP contribution in [0, 0.1) is 11.8 Å². The summed E-state index contributed by atoms with van der Waals surface area (Å²) in [5.74, 6) is 0. The van der Waals surface area contributed by atoms with Crippen LogP contribution < -0.4 is 4.57 Å². The summed E-state index contributed by atoms with van der Waals surface area (Å²) in [7, 11) is 0. The van der Waals surface area contributed by atoms with E-state index in [2.05, 4.69) is 42.9 Å². The first-order chi connectivity index (χ1) is 7.36. The first kappa shape index (κ1) is 13.6. The number of hydrogen-bond acceptors (Lipinski definition) is 1. The Morgan fingerprint density at radius 3 is 2.20 bits per heavy atom. The normalized spacial score (nSPS) is 9.07. The van der Waals surface area contributed by atoms with Crippen molar-refractivity contribution in [1.82, 2.24) is 0 Å². The molecule has 1 aromatic rings. The van der Waals surface area contributed by atoms with Crippen LogP contribution in [0.4, 0.5) is 0 Å². The van der Waals surface area contributed by atoms with E-state index in [1.165, 1.54) is 31.2 Å². The molecule has 0 radical (unpaired) electrons. The lowest BCUT2D eigenvalue weighted by molar-refractivity contribution is -0.697. The van der Waals surface area contributed by atoms with Crippen molar-refractivity contribution in [2.24, 2.45) is 0 Å². The van der Waals surface area contributed by atoms with Crippen LogP contribution in [0.3, 0.4) is 0 Å². The number of pyridine rings is 1. The third kappa shape index (κ3) is 5.85. The zero-order valence-electron chi connectivity index (χ0n) is 9.74. The highest BCUT2D eigenvalue weighted by molar-refractivity contribution is 5.06. The van der Waals surface area contributed by atoms with Crippen molar-refractivity contribution in [1.29, 1.82) is 5.26 Å². The first-order valence-electron chi connectivity index (χ1n) is 5.57. The lowest BCUT2D eigenvalue weighted by Gasteiger charge is -1.97. The summed E-state index contributed by atoms with van der Waals surface area (Å²) in [5.41, 5.74) is 1.45. The number of hydrogen-bond donors (Lipinski definition) is 0. The van der Waals surface area contributed by atoms with Gasteiger partial charge in [0.05, 0.1) is 0 Å². The summed E-state index contributed by atoms with van der Waals surface area (Å²) < 4.78 is 2.27. The van der Waals surface area contributed by atoms with Gasteiger partial charge in [-0.2, -0.15) is 0 Å². The standard InChI is InChI=1S/C12H20N.CN/c1-3-5-9-13-10-7-12(6-4-2)8-11-13;1-2/h7-8,10-11H,3-6,9H2,1-2H3;/q+1;-1. The van der Waals surface area contributed by atoms with Gasteiger partial charge in [-0.1, -0.05) is 26.7 Å². The molecule has 0 saturated heterocycles. The molecule has 2 nitrogen and oxygen atoms in total. The van der Waals surface area contributed by atoms with Gasteiger partial charge in [-0.25, -0.2) is 4.57 Å². The third-order valence-corrected chi connectivity index (χ3v) is 2.27. The zero-order chi connectivity index (χ0) is 11.5. The molecule has 82 valence electrons. The molecule has 0 N–H and O–H groups in total. The summed E-state index contributed by atoms with van der Waals surface area (Å²) >= 11 is 0. The van der Waals surface area contributed by atoms with Crippen LogP contribution in [0.25, 0.3) is 0 Å². The Labute approximate surface area is 93.2 Å². The van der Waals surface area contributed by atoms with Gasteiger partial charge in [-0.05, 0) is 12.0 Å². The second kappa shape index (κ2) is 9.21.